The number of likely N-dealkylation sites (N-methyl/N-ethyl adjacent to an activating group) is 1. The molecule has 1 unspecified atom stereocenters. The predicted molar refractivity (Wildman–Crippen MR) is 103 cm³/mol. The van der Waals surface area contributed by atoms with Crippen molar-refractivity contribution in [2.45, 2.75) is 46.2 Å². The lowest BCUT2D eigenvalue weighted by Gasteiger charge is -2.36. The summed E-state index contributed by atoms with van der Waals surface area (Å²) in [6.07, 6.45) is 0. The van der Waals surface area contributed by atoms with Gasteiger partial charge in [-0.2, -0.15) is 0 Å². The summed E-state index contributed by atoms with van der Waals surface area (Å²) in [5.41, 5.74) is 0.0398. The summed E-state index contributed by atoms with van der Waals surface area (Å²) in [5.74, 6) is 0.918. The van der Waals surface area contributed by atoms with Gasteiger partial charge in [0.25, 0.3) is 0 Å². The largest absolute Gasteiger partial charge is 0.357 e. The molecule has 0 radical (unpaired) electrons. The number of guanidine groups is 1. The maximum Gasteiger partial charge on any atom is 0.191 e. The van der Waals surface area contributed by atoms with E-state index in [-0.39, 0.29) is 29.5 Å². The van der Waals surface area contributed by atoms with E-state index in [0.29, 0.717) is 6.04 Å². The van der Waals surface area contributed by atoms with Crippen molar-refractivity contribution < 1.29 is 0 Å². The maximum absolute atomic E-state index is 4.73. The molecular weight excluding hydrogens is 377 g/mol. The highest BCUT2D eigenvalue weighted by molar-refractivity contribution is 14.0. The molecule has 1 aliphatic rings. The third-order valence-electron chi connectivity index (χ3n) is 3.51. The van der Waals surface area contributed by atoms with Crippen molar-refractivity contribution in [1.29, 1.82) is 0 Å². The molecule has 0 bridgehead atoms. The molecule has 0 aromatic rings. The Morgan fingerprint density at radius 2 is 1.76 bits per heavy atom. The number of hydrogen-bond donors (Lipinski definition) is 2. The number of nitrogens with zero attached hydrogens (tertiary/aromatic N) is 3. The van der Waals surface area contributed by atoms with Crippen molar-refractivity contribution in [3.63, 3.8) is 0 Å². The highest BCUT2D eigenvalue weighted by atomic mass is 127. The molecule has 126 valence electrons. The topological polar surface area (TPSA) is 42.9 Å². The first-order chi connectivity index (χ1) is 9.31. The van der Waals surface area contributed by atoms with Crippen LogP contribution in [-0.2, 0) is 0 Å². The molecule has 1 aliphatic heterocycles. The number of rotatable bonds is 4. The van der Waals surface area contributed by atoms with Crippen LogP contribution in [-0.4, -0.2) is 73.7 Å². The minimum atomic E-state index is 0. The van der Waals surface area contributed by atoms with E-state index >= 15 is 0 Å². The van der Waals surface area contributed by atoms with Gasteiger partial charge in [-0.15, -0.1) is 24.0 Å². The van der Waals surface area contributed by atoms with Gasteiger partial charge in [-0.05, 0) is 41.7 Å². The maximum atomic E-state index is 4.73. The first kappa shape index (κ1) is 20.9. The Hall–Kier alpha value is -0.0800. The Morgan fingerprint density at radius 1 is 1.19 bits per heavy atom. The smallest absolute Gasteiger partial charge is 0.191 e. The zero-order valence-corrected chi connectivity index (χ0v) is 16.9. The second-order valence-electron chi connectivity index (χ2n) is 6.78. The van der Waals surface area contributed by atoms with Crippen molar-refractivity contribution in [3.8, 4) is 0 Å². The van der Waals surface area contributed by atoms with E-state index in [2.05, 4.69) is 62.1 Å². The van der Waals surface area contributed by atoms with Crippen LogP contribution in [0.2, 0.25) is 0 Å². The molecular formula is C15H34IN5. The molecule has 6 heteroatoms. The Morgan fingerprint density at radius 3 is 2.24 bits per heavy atom. The van der Waals surface area contributed by atoms with Gasteiger partial charge < -0.3 is 15.5 Å². The quantitative estimate of drug-likeness (QED) is 0.419. The summed E-state index contributed by atoms with van der Waals surface area (Å²) >= 11 is 0. The molecule has 1 fully saturated rings. The minimum Gasteiger partial charge on any atom is -0.357 e. The summed E-state index contributed by atoms with van der Waals surface area (Å²) in [7, 11) is 2.19. The van der Waals surface area contributed by atoms with Crippen molar-refractivity contribution in [2.75, 3.05) is 46.3 Å². The van der Waals surface area contributed by atoms with Gasteiger partial charge in [0.15, 0.2) is 5.96 Å². The lowest BCUT2D eigenvalue weighted by molar-refractivity contribution is 0.122. The van der Waals surface area contributed by atoms with E-state index in [4.69, 9.17) is 4.99 Å². The van der Waals surface area contributed by atoms with E-state index in [1.807, 2.05) is 0 Å². The zero-order chi connectivity index (χ0) is 15.2. The summed E-state index contributed by atoms with van der Waals surface area (Å²) in [4.78, 5) is 9.65. The molecule has 1 atom stereocenters. The SMILES string of the molecule is CCNC(=NCC(C)N1CCN(C)CC1)NC(C)(C)C.I. The molecule has 1 saturated heterocycles. The fourth-order valence-corrected chi connectivity index (χ4v) is 2.26. The summed E-state index contributed by atoms with van der Waals surface area (Å²) in [6.45, 7) is 17.2. The molecule has 0 aliphatic carbocycles. The van der Waals surface area contributed by atoms with Crippen LogP contribution in [0, 0.1) is 0 Å². The monoisotopic (exact) mass is 411 g/mol. The van der Waals surface area contributed by atoms with E-state index in [1.165, 1.54) is 0 Å². The molecule has 1 rings (SSSR count). The minimum absolute atomic E-state index is 0. The Kier molecular flexibility index (Phi) is 9.80. The number of aliphatic imine (C=N–C) groups is 1. The molecule has 5 nitrogen and oxygen atoms in total. The van der Waals surface area contributed by atoms with E-state index < -0.39 is 0 Å². The standard InChI is InChI=1S/C15H33N5.HI/c1-7-16-14(18-15(3,4)5)17-12-13(2)20-10-8-19(6)9-11-20;/h13H,7-12H2,1-6H3,(H2,16,17,18);1H. The Balaban J connectivity index is 0.00000400. The van der Waals surface area contributed by atoms with Crippen molar-refractivity contribution in [3.05, 3.63) is 0 Å². The average molecular weight is 411 g/mol. The van der Waals surface area contributed by atoms with Gasteiger partial charge in [0.2, 0.25) is 0 Å². The van der Waals surface area contributed by atoms with Crippen LogP contribution in [0.4, 0.5) is 0 Å². The Labute approximate surface area is 148 Å². The molecule has 0 aromatic carbocycles. The first-order valence-corrected chi connectivity index (χ1v) is 7.81. The van der Waals surface area contributed by atoms with Gasteiger partial charge in [-0.1, -0.05) is 0 Å². The van der Waals surface area contributed by atoms with Crippen molar-refractivity contribution in [2.24, 2.45) is 4.99 Å². The third kappa shape index (κ3) is 8.83. The molecule has 1 heterocycles. The van der Waals surface area contributed by atoms with Gasteiger partial charge >= 0.3 is 0 Å². The summed E-state index contributed by atoms with van der Waals surface area (Å²) < 4.78 is 0. The lowest BCUT2D eigenvalue weighted by atomic mass is 10.1. The van der Waals surface area contributed by atoms with Crippen LogP contribution in [0.1, 0.15) is 34.6 Å². The third-order valence-corrected chi connectivity index (χ3v) is 3.51. The van der Waals surface area contributed by atoms with Crippen LogP contribution >= 0.6 is 24.0 Å². The first-order valence-electron chi connectivity index (χ1n) is 7.81. The molecule has 0 aromatic heterocycles. The predicted octanol–water partition coefficient (Wildman–Crippen LogP) is 1.59. The van der Waals surface area contributed by atoms with Crippen LogP contribution < -0.4 is 10.6 Å². The van der Waals surface area contributed by atoms with E-state index in [1.54, 1.807) is 0 Å². The van der Waals surface area contributed by atoms with Gasteiger partial charge in [-0.3, -0.25) is 9.89 Å². The molecule has 0 spiro atoms. The van der Waals surface area contributed by atoms with Gasteiger partial charge in [0.1, 0.15) is 0 Å². The van der Waals surface area contributed by atoms with Crippen molar-refractivity contribution in [1.82, 2.24) is 20.4 Å². The number of piperazine rings is 1. The molecule has 21 heavy (non-hydrogen) atoms. The Bertz CT molecular complexity index is 306. The molecule has 0 saturated carbocycles. The normalized spacial score (nSPS) is 19.8. The highest BCUT2D eigenvalue weighted by Crippen LogP contribution is 2.05. The lowest BCUT2D eigenvalue weighted by Crippen LogP contribution is -2.50. The van der Waals surface area contributed by atoms with Gasteiger partial charge in [-0.25, -0.2) is 0 Å². The average Bonchev–Trinajstić information content (AvgIpc) is 2.35. The fraction of sp³-hybridized carbons (Fsp3) is 0.933. The zero-order valence-electron chi connectivity index (χ0n) is 14.6. The van der Waals surface area contributed by atoms with Crippen LogP contribution in [0.15, 0.2) is 4.99 Å². The van der Waals surface area contributed by atoms with Crippen LogP contribution in [0.25, 0.3) is 0 Å². The highest BCUT2D eigenvalue weighted by Gasteiger charge is 2.19. The summed E-state index contributed by atoms with van der Waals surface area (Å²) in [6, 6.07) is 0.499. The molecule has 2 N–H and O–H groups in total. The second-order valence-corrected chi connectivity index (χ2v) is 6.78. The second kappa shape index (κ2) is 9.84. The number of hydrogen-bond acceptors (Lipinski definition) is 3. The van der Waals surface area contributed by atoms with Crippen LogP contribution in [0.3, 0.4) is 0 Å². The fourth-order valence-electron chi connectivity index (χ4n) is 2.26. The van der Waals surface area contributed by atoms with E-state index in [9.17, 15) is 0 Å². The summed E-state index contributed by atoms with van der Waals surface area (Å²) in [5, 5.41) is 6.75. The van der Waals surface area contributed by atoms with Crippen molar-refractivity contribution >= 4 is 29.9 Å². The van der Waals surface area contributed by atoms with Crippen LogP contribution in [0.5, 0.6) is 0 Å². The molecule has 0 amide bonds. The number of nitrogens with one attached hydrogen (secondary N) is 2. The van der Waals surface area contributed by atoms with Gasteiger partial charge in [0.05, 0.1) is 6.54 Å². The van der Waals surface area contributed by atoms with E-state index in [0.717, 1.165) is 45.2 Å². The number of halogens is 1. The van der Waals surface area contributed by atoms with Gasteiger partial charge in [0, 0.05) is 44.3 Å².